The maximum Gasteiger partial charge on any atom is 0.264 e. The lowest BCUT2D eigenvalue weighted by Gasteiger charge is -2.28. The number of amides is 1. The van der Waals surface area contributed by atoms with Gasteiger partial charge in [-0.05, 0) is 24.3 Å². The second-order valence-electron chi connectivity index (χ2n) is 4.36. The second kappa shape index (κ2) is 4.77. The number of fused-ring (bicyclic) bond motifs is 1. The van der Waals surface area contributed by atoms with Crippen molar-refractivity contribution in [1.29, 1.82) is 0 Å². The molecule has 1 N–H and O–H groups in total. The Morgan fingerprint density at radius 3 is 2.80 bits per heavy atom. The highest BCUT2D eigenvalue weighted by Gasteiger charge is 2.26. The van der Waals surface area contributed by atoms with Crippen molar-refractivity contribution in [3.63, 3.8) is 0 Å². The second-order valence-corrected chi connectivity index (χ2v) is 4.36. The number of ether oxygens (including phenoxy) is 2. The summed E-state index contributed by atoms with van der Waals surface area (Å²) in [7, 11) is 1.47. The topological polar surface area (TPSA) is 59.0 Å². The van der Waals surface area contributed by atoms with Crippen LogP contribution in [-0.4, -0.2) is 24.9 Å². The summed E-state index contributed by atoms with van der Waals surface area (Å²) in [5.74, 6) is 0.763. The lowest BCUT2D eigenvalue weighted by atomic mass is 10.1. The van der Waals surface area contributed by atoms with Gasteiger partial charge in [0.15, 0.2) is 18.2 Å². The Balaban J connectivity index is 1.97. The molecule has 0 bridgehead atoms. The van der Waals surface area contributed by atoms with Gasteiger partial charge in [0.25, 0.3) is 5.91 Å². The zero-order chi connectivity index (χ0) is 14.1. The summed E-state index contributed by atoms with van der Waals surface area (Å²) in [6, 6.07) is 11.9. The van der Waals surface area contributed by atoms with Gasteiger partial charge in [0.1, 0.15) is 5.75 Å². The summed E-state index contributed by atoms with van der Waals surface area (Å²) >= 11 is 0. The van der Waals surface area contributed by atoms with Crippen LogP contribution in [0.3, 0.4) is 0 Å². The van der Waals surface area contributed by atoms with Gasteiger partial charge in [-0.3, -0.25) is 9.69 Å². The summed E-state index contributed by atoms with van der Waals surface area (Å²) < 4.78 is 10.5. The normalized spacial score (nSPS) is 13.7. The van der Waals surface area contributed by atoms with E-state index in [9.17, 15) is 9.90 Å². The van der Waals surface area contributed by atoms with E-state index in [1.807, 2.05) is 6.07 Å². The lowest BCUT2D eigenvalue weighted by molar-refractivity contribution is 0.0937. The van der Waals surface area contributed by atoms with Crippen LogP contribution in [0.2, 0.25) is 0 Å². The van der Waals surface area contributed by atoms with Crippen molar-refractivity contribution < 1.29 is 19.4 Å². The first-order chi connectivity index (χ1) is 9.70. The van der Waals surface area contributed by atoms with Crippen LogP contribution in [0.4, 0.5) is 5.69 Å². The number of phenols is 1. The first-order valence-electron chi connectivity index (χ1n) is 6.11. The number of nitrogens with zero attached hydrogens (tertiary/aromatic N) is 1. The van der Waals surface area contributed by atoms with Gasteiger partial charge in [0.2, 0.25) is 0 Å². The number of hydrogen-bond donors (Lipinski definition) is 1. The van der Waals surface area contributed by atoms with E-state index in [0.29, 0.717) is 22.7 Å². The van der Waals surface area contributed by atoms with Crippen molar-refractivity contribution in [1.82, 2.24) is 0 Å². The van der Waals surface area contributed by atoms with Gasteiger partial charge in [0.05, 0.1) is 18.4 Å². The molecule has 20 heavy (non-hydrogen) atoms. The Kier molecular flexibility index (Phi) is 2.95. The molecule has 0 fully saturated rings. The molecule has 1 amide bonds. The van der Waals surface area contributed by atoms with Gasteiger partial charge in [-0.2, -0.15) is 0 Å². The highest BCUT2D eigenvalue weighted by molar-refractivity contribution is 6.08. The van der Waals surface area contributed by atoms with Crippen molar-refractivity contribution in [2.75, 3.05) is 18.7 Å². The summed E-state index contributed by atoms with van der Waals surface area (Å²) in [4.78, 5) is 13.9. The Morgan fingerprint density at radius 1 is 1.25 bits per heavy atom. The molecule has 0 aliphatic carbocycles. The highest BCUT2D eigenvalue weighted by atomic mass is 16.5. The van der Waals surface area contributed by atoms with Gasteiger partial charge >= 0.3 is 0 Å². The third-order valence-electron chi connectivity index (χ3n) is 3.19. The van der Waals surface area contributed by atoms with Gasteiger partial charge in [0, 0.05) is 6.07 Å². The molecule has 0 aromatic heterocycles. The fraction of sp³-hybridized carbons (Fsp3) is 0.133. The maximum atomic E-state index is 12.4. The summed E-state index contributed by atoms with van der Waals surface area (Å²) in [6.07, 6.45) is 0. The number of aromatic hydroxyl groups is 1. The van der Waals surface area contributed by atoms with Crippen LogP contribution >= 0.6 is 0 Å². The third kappa shape index (κ3) is 1.93. The van der Waals surface area contributed by atoms with Crippen molar-refractivity contribution in [3.8, 4) is 17.2 Å². The lowest BCUT2D eigenvalue weighted by Crippen LogP contribution is -2.38. The number of rotatable bonds is 2. The van der Waals surface area contributed by atoms with E-state index in [0.717, 1.165) is 0 Å². The van der Waals surface area contributed by atoms with Crippen LogP contribution < -0.4 is 14.4 Å². The SMILES string of the molecule is COc1ccc(N2COc3ccccc3C2=O)cc1O. The molecule has 5 nitrogen and oxygen atoms in total. The molecule has 0 atom stereocenters. The number of anilines is 1. The highest BCUT2D eigenvalue weighted by Crippen LogP contribution is 2.33. The average molecular weight is 271 g/mol. The van der Waals surface area contributed by atoms with Gasteiger partial charge < -0.3 is 14.6 Å². The van der Waals surface area contributed by atoms with Gasteiger partial charge in [-0.25, -0.2) is 0 Å². The van der Waals surface area contributed by atoms with E-state index in [2.05, 4.69) is 0 Å². The maximum absolute atomic E-state index is 12.4. The molecule has 0 unspecified atom stereocenters. The molecule has 5 heteroatoms. The number of phenolic OH excluding ortho intramolecular Hbond substituents is 1. The van der Waals surface area contributed by atoms with Crippen LogP contribution in [0.1, 0.15) is 10.4 Å². The van der Waals surface area contributed by atoms with E-state index in [1.54, 1.807) is 30.3 Å². The van der Waals surface area contributed by atoms with Crippen LogP contribution in [0.5, 0.6) is 17.2 Å². The van der Waals surface area contributed by atoms with Crippen molar-refractivity contribution >= 4 is 11.6 Å². The number of benzene rings is 2. The zero-order valence-corrected chi connectivity index (χ0v) is 10.9. The van der Waals surface area contributed by atoms with Gasteiger partial charge in [-0.15, -0.1) is 0 Å². The standard InChI is InChI=1S/C15H13NO4/c1-19-14-7-6-10(8-12(14)17)16-9-20-13-5-3-2-4-11(13)15(16)18/h2-8,17H,9H2,1H3. The minimum atomic E-state index is -0.156. The molecule has 1 heterocycles. The minimum Gasteiger partial charge on any atom is -0.504 e. The number of carbonyl (C=O) groups is 1. The van der Waals surface area contributed by atoms with E-state index in [4.69, 9.17) is 9.47 Å². The quantitative estimate of drug-likeness (QED) is 0.911. The van der Waals surface area contributed by atoms with Crippen molar-refractivity contribution in [3.05, 3.63) is 48.0 Å². The van der Waals surface area contributed by atoms with Crippen LogP contribution in [-0.2, 0) is 0 Å². The average Bonchev–Trinajstić information content (AvgIpc) is 2.48. The first kappa shape index (κ1) is 12.3. The minimum absolute atomic E-state index is 0.0170. The van der Waals surface area contributed by atoms with Crippen molar-refractivity contribution in [2.24, 2.45) is 0 Å². The first-order valence-corrected chi connectivity index (χ1v) is 6.11. The zero-order valence-electron chi connectivity index (χ0n) is 10.9. The molecule has 3 rings (SSSR count). The van der Waals surface area contributed by atoms with Crippen molar-refractivity contribution in [2.45, 2.75) is 0 Å². The molecular formula is C15H13NO4. The molecule has 1 aliphatic heterocycles. The summed E-state index contributed by atoms with van der Waals surface area (Å²) in [5, 5.41) is 9.80. The Labute approximate surface area is 116 Å². The third-order valence-corrected chi connectivity index (χ3v) is 3.19. The molecule has 2 aromatic rings. The number of methoxy groups -OCH3 is 1. The molecule has 0 saturated heterocycles. The van der Waals surface area contributed by atoms with Crippen LogP contribution in [0, 0.1) is 0 Å². The number of hydrogen-bond acceptors (Lipinski definition) is 4. The Morgan fingerprint density at radius 2 is 2.05 bits per heavy atom. The fourth-order valence-corrected chi connectivity index (χ4v) is 2.15. The van der Waals surface area contributed by atoms with E-state index in [-0.39, 0.29) is 18.4 Å². The molecule has 0 radical (unpaired) electrons. The summed E-state index contributed by atoms with van der Waals surface area (Å²) in [6.45, 7) is 0.113. The Bertz CT molecular complexity index is 669. The van der Waals surface area contributed by atoms with E-state index < -0.39 is 0 Å². The molecule has 0 spiro atoms. The molecule has 102 valence electrons. The fourth-order valence-electron chi connectivity index (χ4n) is 2.15. The molecule has 1 aliphatic rings. The number of carbonyl (C=O) groups excluding carboxylic acids is 1. The predicted octanol–water partition coefficient (Wildman–Crippen LogP) is 2.40. The number of para-hydroxylation sites is 1. The molecular weight excluding hydrogens is 258 g/mol. The van der Waals surface area contributed by atoms with E-state index in [1.165, 1.54) is 18.1 Å². The van der Waals surface area contributed by atoms with E-state index >= 15 is 0 Å². The summed E-state index contributed by atoms with van der Waals surface area (Å²) in [5.41, 5.74) is 1.07. The predicted molar refractivity (Wildman–Crippen MR) is 73.4 cm³/mol. The smallest absolute Gasteiger partial charge is 0.264 e. The largest absolute Gasteiger partial charge is 0.504 e. The Hall–Kier alpha value is -2.69. The molecule has 2 aromatic carbocycles. The monoisotopic (exact) mass is 271 g/mol. The van der Waals surface area contributed by atoms with Gasteiger partial charge in [-0.1, -0.05) is 12.1 Å². The van der Waals surface area contributed by atoms with Crippen LogP contribution in [0.15, 0.2) is 42.5 Å². The molecule has 0 saturated carbocycles. The van der Waals surface area contributed by atoms with Crippen LogP contribution in [0.25, 0.3) is 0 Å².